The number of amides is 2. The Morgan fingerprint density at radius 1 is 0.885 bits per heavy atom. The maximum atomic E-state index is 12.9. The van der Waals surface area contributed by atoms with Gasteiger partial charge in [0.2, 0.25) is 0 Å². The smallest absolute Gasteiger partial charge is 0.254 e. The van der Waals surface area contributed by atoms with E-state index in [2.05, 4.69) is 17.3 Å². The number of carbonyl (C=O) groups is 2. The highest BCUT2D eigenvalue weighted by molar-refractivity contribution is 6.07. The second-order valence-electron chi connectivity index (χ2n) is 7.96. The van der Waals surface area contributed by atoms with Crippen LogP contribution in [0.3, 0.4) is 0 Å². The largest absolute Gasteiger partial charge is 0.272 e. The number of allylic oxidation sites excluding steroid dienone is 2. The highest BCUT2D eigenvalue weighted by Crippen LogP contribution is 2.65. The average Bonchev–Trinajstić information content (AvgIpc) is 3.45. The molecule has 2 amide bonds. The lowest BCUT2D eigenvalue weighted by atomic mass is 9.63. The van der Waals surface area contributed by atoms with Crippen LogP contribution in [0.25, 0.3) is 10.8 Å². The summed E-state index contributed by atoms with van der Waals surface area (Å²) in [5.41, 5.74) is 0.919. The monoisotopic (exact) mass is 342 g/mol. The first-order valence-corrected chi connectivity index (χ1v) is 9.32. The lowest BCUT2D eigenvalue weighted by Crippen LogP contribution is -2.40. The first-order valence-electron chi connectivity index (χ1n) is 9.32. The molecule has 1 saturated heterocycles. The number of hydrogen-bond acceptors (Lipinski definition) is 3. The molecule has 0 radical (unpaired) electrons. The molecule has 7 rings (SSSR count). The number of carbonyl (C=O) groups excluding carboxylic acids is 2. The van der Waals surface area contributed by atoms with Crippen LogP contribution in [0.1, 0.15) is 12.0 Å². The number of fused-ring (bicyclic) bond motifs is 1. The van der Waals surface area contributed by atoms with Crippen molar-refractivity contribution < 1.29 is 9.59 Å². The quantitative estimate of drug-likeness (QED) is 0.478. The molecule has 0 spiro atoms. The SMILES string of the molecule is O=C1C2C3C=CC(C4CC34)C2C(=O)N1/N=C/c1cccc2ccccc12. The summed E-state index contributed by atoms with van der Waals surface area (Å²) in [5, 5.41) is 7.68. The molecule has 0 N–H and O–H groups in total. The highest BCUT2D eigenvalue weighted by atomic mass is 16.2. The minimum atomic E-state index is -0.189. The van der Waals surface area contributed by atoms with Crippen LogP contribution in [0.2, 0.25) is 0 Å². The Labute approximate surface area is 151 Å². The van der Waals surface area contributed by atoms with Gasteiger partial charge in [0.1, 0.15) is 0 Å². The molecule has 2 aromatic carbocycles. The summed E-state index contributed by atoms with van der Waals surface area (Å²) in [4.78, 5) is 25.9. The van der Waals surface area contributed by atoms with Gasteiger partial charge in [-0.2, -0.15) is 10.1 Å². The van der Waals surface area contributed by atoms with Crippen LogP contribution >= 0.6 is 0 Å². The molecule has 5 aliphatic rings. The molecule has 2 aromatic rings. The van der Waals surface area contributed by atoms with Crippen molar-refractivity contribution in [3.63, 3.8) is 0 Å². The number of hydrogen-bond donors (Lipinski definition) is 0. The molecule has 4 heteroatoms. The molecule has 128 valence electrons. The third kappa shape index (κ3) is 1.77. The predicted octanol–water partition coefficient (Wildman–Crippen LogP) is 3.23. The van der Waals surface area contributed by atoms with E-state index in [4.69, 9.17) is 0 Å². The number of hydrazone groups is 1. The normalized spacial score (nSPS) is 36.8. The van der Waals surface area contributed by atoms with Crippen molar-refractivity contribution in [2.24, 2.45) is 40.6 Å². The zero-order valence-electron chi connectivity index (χ0n) is 14.2. The lowest BCUT2D eigenvalue weighted by Gasteiger charge is -2.37. The van der Waals surface area contributed by atoms with E-state index in [1.165, 1.54) is 6.42 Å². The summed E-state index contributed by atoms with van der Waals surface area (Å²) < 4.78 is 0. The fourth-order valence-corrected chi connectivity index (χ4v) is 5.54. The van der Waals surface area contributed by atoms with E-state index in [0.717, 1.165) is 21.3 Å². The summed E-state index contributed by atoms with van der Waals surface area (Å²) in [7, 11) is 0. The van der Waals surface area contributed by atoms with Gasteiger partial charge in [0.15, 0.2) is 0 Å². The van der Waals surface area contributed by atoms with Crippen molar-refractivity contribution in [2.45, 2.75) is 6.42 Å². The third-order valence-corrected chi connectivity index (χ3v) is 6.78. The number of nitrogens with zero attached hydrogens (tertiary/aromatic N) is 2. The molecular formula is C22H18N2O2. The van der Waals surface area contributed by atoms with Crippen LogP contribution in [-0.2, 0) is 9.59 Å². The molecule has 2 bridgehead atoms. The molecule has 1 aliphatic heterocycles. The Kier molecular flexibility index (Phi) is 2.72. The van der Waals surface area contributed by atoms with Crippen molar-refractivity contribution in [3.8, 4) is 0 Å². The Morgan fingerprint density at radius 2 is 1.54 bits per heavy atom. The van der Waals surface area contributed by atoms with Crippen molar-refractivity contribution in [1.82, 2.24) is 5.01 Å². The number of benzene rings is 2. The minimum Gasteiger partial charge on any atom is -0.272 e. The number of imide groups is 1. The van der Waals surface area contributed by atoms with Gasteiger partial charge in [-0.25, -0.2) is 0 Å². The van der Waals surface area contributed by atoms with Gasteiger partial charge in [-0.3, -0.25) is 9.59 Å². The zero-order chi connectivity index (χ0) is 17.4. The molecule has 26 heavy (non-hydrogen) atoms. The highest BCUT2D eigenvalue weighted by Gasteiger charge is 2.67. The van der Waals surface area contributed by atoms with E-state index in [1.807, 2.05) is 42.5 Å². The van der Waals surface area contributed by atoms with E-state index in [0.29, 0.717) is 11.8 Å². The molecule has 6 atom stereocenters. The second-order valence-corrected chi connectivity index (χ2v) is 7.96. The fraction of sp³-hybridized carbons (Fsp3) is 0.318. The van der Waals surface area contributed by atoms with Gasteiger partial charge < -0.3 is 0 Å². The van der Waals surface area contributed by atoms with E-state index in [1.54, 1.807) is 6.21 Å². The van der Waals surface area contributed by atoms with E-state index in [-0.39, 0.29) is 35.5 Å². The Bertz CT molecular complexity index is 982. The Hall–Kier alpha value is -2.75. The van der Waals surface area contributed by atoms with Gasteiger partial charge in [-0.1, -0.05) is 54.6 Å². The van der Waals surface area contributed by atoms with Gasteiger partial charge in [-0.15, -0.1) is 0 Å². The van der Waals surface area contributed by atoms with Gasteiger partial charge in [-0.05, 0) is 40.9 Å². The van der Waals surface area contributed by atoms with Crippen molar-refractivity contribution in [2.75, 3.05) is 0 Å². The molecule has 4 aliphatic carbocycles. The zero-order valence-corrected chi connectivity index (χ0v) is 14.2. The van der Waals surface area contributed by atoms with Crippen LogP contribution in [-0.4, -0.2) is 23.0 Å². The Morgan fingerprint density at radius 3 is 2.27 bits per heavy atom. The van der Waals surface area contributed by atoms with E-state index in [9.17, 15) is 9.59 Å². The van der Waals surface area contributed by atoms with Crippen LogP contribution < -0.4 is 0 Å². The van der Waals surface area contributed by atoms with E-state index < -0.39 is 0 Å². The summed E-state index contributed by atoms with van der Waals surface area (Å²) >= 11 is 0. The number of rotatable bonds is 2. The summed E-state index contributed by atoms with van der Waals surface area (Å²) in [6.45, 7) is 0. The molecule has 1 heterocycles. The first kappa shape index (κ1) is 14.4. The molecule has 0 aromatic heterocycles. The standard InChI is InChI=1S/C22H18N2O2/c25-21-19-15-8-9-16(18-10-17(15)18)20(19)22(26)24(21)23-11-13-6-3-5-12-4-1-2-7-14(12)13/h1-9,11,15-20H,10H2/b23-11+. The van der Waals surface area contributed by atoms with Crippen LogP contribution in [0.15, 0.2) is 59.7 Å². The lowest BCUT2D eigenvalue weighted by molar-refractivity contribution is -0.140. The topological polar surface area (TPSA) is 49.7 Å². The summed E-state index contributed by atoms with van der Waals surface area (Å²) in [6, 6.07) is 14.0. The Balaban J connectivity index is 1.36. The van der Waals surface area contributed by atoms with Crippen LogP contribution in [0, 0.1) is 35.5 Å². The molecule has 4 nitrogen and oxygen atoms in total. The maximum absolute atomic E-state index is 12.9. The predicted molar refractivity (Wildman–Crippen MR) is 98.1 cm³/mol. The molecule has 2 saturated carbocycles. The maximum Gasteiger partial charge on any atom is 0.254 e. The van der Waals surface area contributed by atoms with Gasteiger partial charge in [0.25, 0.3) is 11.8 Å². The van der Waals surface area contributed by atoms with E-state index >= 15 is 0 Å². The average molecular weight is 342 g/mol. The minimum absolute atomic E-state index is 0.110. The van der Waals surface area contributed by atoms with Crippen molar-refractivity contribution in [1.29, 1.82) is 0 Å². The van der Waals surface area contributed by atoms with Crippen molar-refractivity contribution >= 4 is 28.8 Å². The molecular weight excluding hydrogens is 324 g/mol. The third-order valence-electron chi connectivity index (χ3n) is 6.78. The molecule has 6 unspecified atom stereocenters. The first-order chi connectivity index (χ1) is 12.7. The summed E-state index contributed by atoms with van der Waals surface area (Å²) in [5.74, 6) is 1.11. The van der Waals surface area contributed by atoms with Crippen molar-refractivity contribution in [3.05, 3.63) is 60.2 Å². The summed E-state index contributed by atoms with van der Waals surface area (Å²) in [6.07, 6.45) is 7.20. The van der Waals surface area contributed by atoms with Gasteiger partial charge in [0, 0.05) is 5.56 Å². The van der Waals surface area contributed by atoms with Gasteiger partial charge >= 0.3 is 0 Å². The second kappa shape index (κ2) is 4.91. The fourth-order valence-electron chi connectivity index (χ4n) is 5.54. The van der Waals surface area contributed by atoms with Crippen LogP contribution in [0.4, 0.5) is 0 Å². The molecule has 3 fully saturated rings. The van der Waals surface area contributed by atoms with Crippen LogP contribution in [0.5, 0.6) is 0 Å². The van der Waals surface area contributed by atoms with Gasteiger partial charge in [0.05, 0.1) is 18.1 Å².